The van der Waals surface area contributed by atoms with Crippen LogP contribution in [-0.4, -0.2) is 28.8 Å². The molecule has 132 valence electrons. The van der Waals surface area contributed by atoms with Crippen molar-refractivity contribution >= 4 is 11.0 Å². The molecule has 2 aromatic heterocycles. The Morgan fingerprint density at radius 2 is 1.92 bits per heavy atom. The Labute approximate surface area is 151 Å². The minimum atomic E-state index is 0.512. The van der Waals surface area contributed by atoms with Crippen molar-refractivity contribution in [2.24, 2.45) is 0 Å². The van der Waals surface area contributed by atoms with Gasteiger partial charge in [-0.15, -0.1) is 0 Å². The predicted octanol–water partition coefficient (Wildman–Crippen LogP) is 4.07. The van der Waals surface area contributed by atoms with Crippen LogP contribution in [0.2, 0.25) is 0 Å². The smallest absolute Gasteiger partial charge is 0.230 e. The molecule has 0 fully saturated rings. The Hall–Kier alpha value is -3.28. The molecule has 0 aliphatic heterocycles. The van der Waals surface area contributed by atoms with E-state index < -0.39 is 0 Å². The monoisotopic (exact) mass is 349 g/mol. The highest BCUT2D eigenvalue weighted by molar-refractivity contribution is 5.75. The number of nitrogens with zero attached hydrogens (tertiary/aromatic N) is 3. The fourth-order valence-corrected chi connectivity index (χ4v) is 2.97. The van der Waals surface area contributed by atoms with E-state index in [-0.39, 0.29) is 0 Å². The number of fused-ring (bicyclic) bond motifs is 1. The Kier molecular flexibility index (Phi) is 4.08. The number of aromatic nitrogens is 3. The first kappa shape index (κ1) is 16.2. The summed E-state index contributed by atoms with van der Waals surface area (Å²) < 4.78 is 18.7. The minimum Gasteiger partial charge on any atom is -0.497 e. The lowest BCUT2D eigenvalue weighted by molar-refractivity contribution is 0.402. The molecule has 0 bridgehead atoms. The Morgan fingerprint density at radius 3 is 2.73 bits per heavy atom. The predicted molar refractivity (Wildman–Crippen MR) is 98.6 cm³/mol. The van der Waals surface area contributed by atoms with Crippen LogP contribution in [0, 0.1) is 6.92 Å². The summed E-state index contributed by atoms with van der Waals surface area (Å²) in [6.45, 7) is 2.50. The maximum atomic E-state index is 5.92. The quantitative estimate of drug-likeness (QED) is 0.543. The number of hydrogen-bond donors (Lipinski definition) is 0. The van der Waals surface area contributed by atoms with Crippen LogP contribution in [0.1, 0.15) is 11.5 Å². The number of oxazole rings is 1. The zero-order valence-corrected chi connectivity index (χ0v) is 14.9. The SMILES string of the molecule is COc1ccc(OC)c(-c2nc(Cn3cnc4ccccc43)c(C)o2)c1. The highest BCUT2D eigenvalue weighted by Gasteiger charge is 2.17. The third-order valence-corrected chi connectivity index (χ3v) is 4.38. The van der Waals surface area contributed by atoms with Crippen molar-refractivity contribution in [1.29, 1.82) is 0 Å². The van der Waals surface area contributed by atoms with Gasteiger partial charge in [0.15, 0.2) is 0 Å². The summed E-state index contributed by atoms with van der Waals surface area (Å²) in [7, 11) is 3.25. The average Bonchev–Trinajstić information content (AvgIpc) is 3.25. The van der Waals surface area contributed by atoms with Gasteiger partial charge in [-0.1, -0.05) is 12.1 Å². The molecule has 0 unspecified atom stereocenters. The van der Waals surface area contributed by atoms with Gasteiger partial charge in [-0.05, 0) is 37.3 Å². The lowest BCUT2D eigenvalue weighted by Crippen LogP contribution is -2.00. The van der Waals surface area contributed by atoms with Gasteiger partial charge in [0.05, 0.1) is 43.7 Å². The lowest BCUT2D eigenvalue weighted by Gasteiger charge is -2.07. The molecule has 6 nitrogen and oxygen atoms in total. The number of imidazole rings is 1. The van der Waals surface area contributed by atoms with Gasteiger partial charge in [0, 0.05) is 0 Å². The largest absolute Gasteiger partial charge is 0.497 e. The zero-order chi connectivity index (χ0) is 18.1. The van der Waals surface area contributed by atoms with Crippen molar-refractivity contribution in [2.45, 2.75) is 13.5 Å². The lowest BCUT2D eigenvalue weighted by atomic mass is 10.2. The molecule has 0 aliphatic carbocycles. The second-order valence-corrected chi connectivity index (χ2v) is 5.95. The summed E-state index contributed by atoms with van der Waals surface area (Å²) in [5, 5.41) is 0. The molecule has 0 radical (unpaired) electrons. The van der Waals surface area contributed by atoms with Gasteiger partial charge >= 0.3 is 0 Å². The second-order valence-electron chi connectivity index (χ2n) is 5.95. The van der Waals surface area contributed by atoms with Crippen molar-refractivity contribution in [2.75, 3.05) is 14.2 Å². The summed E-state index contributed by atoms with van der Waals surface area (Å²) in [4.78, 5) is 9.12. The number of aryl methyl sites for hydroxylation is 1. The van der Waals surface area contributed by atoms with Crippen LogP contribution in [0.3, 0.4) is 0 Å². The van der Waals surface area contributed by atoms with Crippen LogP contribution in [0.25, 0.3) is 22.5 Å². The molecule has 2 aromatic carbocycles. The molecule has 4 rings (SSSR count). The van der Waals surface area contributed by atoms with Gasteiger partial charge in [-0.25, -0.2) is 9.97 Å². The van der Waals surface area contributed by atoms with Gasteiger partial charge in [-0.3, -0.25) is 0 Å². The molecule has 26 heavy (non-hydrogen) atoms. The second kappa shape index (κ2) is 6.55. The molecular formula is C20H19N3O3. The first-order chi connectivity index (χ1) is 12.7. The van der Waals surface area contributed by atoms with Crippen molar-refractivity contribution < 1.29 is 13.9 Å². The van der Waals surface area contributed by atoms with Crippen molar-refractivity contribution in [3.8, 4) is 23.0 Å². The Bertz CT molecular complexity index is 1070. The summed E-state index contributed by atoms with van der Waals surface area (Å²) in [6.07, 6.45) is 1.82. The fraction of sp³-hybridized carbons (Fsp3) is 0.200. The van der Waals surface area contributed by atoms with Crippen LogP contribution >= 0.6 is 0 Å². The maximum absolute atomic E-state index is 5.92. The number of ether oxygens (including phenoxy) is 2. The molecule has 0 N–H and O–H groups in total. The topological polar surface area (TPSA) is 62.3 Å². The molecule has 0 atom stereocenters. The number of para-hydroxylation sites is 2. The molecule has 0 spiro atoms. The summed E-state index contributed by atoms with van der Waals surface area (Å²) >= 11 is 0. The van der Waals surface area contributed by atoms with E-state index in [1.165, 1.54) is 0 Å². The third kappa shape index (κ3) is 2.79. The number of rotatable bonds is 5. The Morgan fingerprint density at radius 1 is 1.08 bits per heavy atom. The van der Waals surface area contributed by atoms with E-state index in [4.69, 9.17) is 18.9 Å². The van der Waals surface area contributed by atoms with Crippen LogP contribution in [-0.2, 0) is 6.54 Å². The first-order valence-electron chi connectivity index (χ1n) is 8.28. The van der Waals surface area contributed by atoms with Crippen molar-refractivity contribution in [1.82, 2.24) is 14.5 Å². The van der Waals surface area contributed by atoms with Crippen molar-refractivity contribution in [3.05, 3.63) is 60.2 Å². The van der Waals surface area contributed by atoms with Crippen LogP contribution in [0.5, 0.6) is 11.5 Å². The van der Waals surface area contributed by atoms with E-state index >= 15 is 0 Å². The van der Waals surface area contributed by atoms with Crippen LogP contribution in [0.15, 0.2) is 53.2 Å². The molecule has 0 aliphatic rings. The number of hydrogen-bond acceptors (Lipinski definition) is 5. The highest BCUT2D eigenvalue weighted by Crippen LogP contribution is 2.34. The zero-order valence-electron chi connectivity index (χ0n) is 14.9. The van der Waals surface area contributed by atoms with Gasteiger partial charge < -0.3 is 18.5 Å². The number of methoxy groups -OCH3 is 2. The summed E-state index contributed by atoms with van der Waals surface area (Å²) in [6, 6.07) is 13.6. The molecule has 2 heterocycles. The molecule has 4 aromatic rings. The molecule has 6 heteroatoms. The van der Waals surface area contributed by atoms with Gasteiger partial charge in [0.1, 0.15) is 23.0 Å². The van der Waals surface area contributed by atoms with Crippen LogP contribution in [0.4, 0.5) is 0 Å². The van der Waals surface area contributed by atoms with Gasteiger partial charge in [0.2, 0.25) is 5.89 Å². The van der Waals surface area contributed by atoms with Gasteiger partial charge in [-0.2, -0.15) is 0 Å². The van der Waals surface area contributed by atoms with E-state index in [1.54, 1.807) is 14.2 Å². The van der Waals surface area contributed by atoms with Crippen LogP contribution < -0.4 is 9.47 Å². The summed E-state index contributed by atoms with van der Waals surface area (Å²) in [5.74, 6) is 2.69. The average molecular weight is 349 g/mol. The van der Waals surface area contributed by atoms with E-state index in [0.717, 1.165) is 33.8 Å². The standard InChI is InChI=1S/C20H19N3O3/c1-13-17(11-23-12-21-16-6-4-5-7-18(16)23)22-20(26-13)15-10-14(24-2)8-9-19(15)25-3/h4-10,12H,11H2,1-3H3. The minimum absolute atomic E-state index is 0.512. The van der Waals surface area contributed by atoms with Gasteiger partial charge in [0.25, 0.3) is 0 Å². The molecule has 0 saturated carbocycles. The molecule has 0 saturated heterocycles. The molecule has 0 amide bonds. The Balaban J connectivity index is 1.72. The first-order valence-corrected chi connectivity index (χ1v) is 8.28. The van der Waals surface area contributed by atoms with E-state index in [0.29, 0.717) is 18.2 Å². The molecular weight excluding hydrogens is 330 g/mol. The van der Waals surface area contributed by atoms with E-state index in [9.17, 15) is 0 Å². The van der Waals surface area contributed by atoms with E-state index in [1.807, 2.05) is 55.7 Å². The number of benzene rings is 2. The fourth-order valence-electron chi connectivity index (χ4n) is 2.97. The normalized spacial score (nSPS) is 11.0. The third-order valence-electron chi connectivity index (χ3n) is 4.38. The van der Waals surface area contributed by atoms with Crippen molar-refractivity contribution in [3.63, 3.8) is 0 Å². The van der Waals surface area contributed by atoms with E-state index in [2.05, 4.69) is 9.55 Å². The highest BCUT2D eigenvalue weighted by atomic mass is 16.5. The maximum Gasteiger partial charge on any atom is 0.230 e. The summed E-state index contributed by atoms with van der Waals surface area (Å²) in [5.41, 5.74) is 3.64.